The minimum absolute atomic E-state index is 0.108. The van der Waals surface area contributed by atoms with Crippen molar-refractivity contribution in [3.63, 3.8) is 0 Å². The molecule has 1 saturated heterocycles. The van der Waals surface area contributed by atoms with Gasteiger partial charge in [-0.1, -0.05) is 19.9 Å². The predicted octanol–water partition coefficient (Wildman–Crippen LogP) is 1.98. The number of nitrogens with zero attached hydrogens (tertiary/aromatic N) is 1. The maximum absolute atomic E-state index is 11.9. The summed E-state index contributed by atoms with van der Waals surface area (Å²) in [5.41, 5.74) is -0.0175. The molecule has 0 spiro atoms. The van der Waals surface area contributed by atoms with Gasteiger partial charge in [-0.2, -0.15) is 0 Å². The molecule has 1 aliphatic heterocycles. The summed E-state index contributed by atoms with van der Waals surface area (Å²) in [5, 5.41) is 20.5. The van der Waals surface area contributed by atoms with E-state index in [0.717, 1.165) is 0 Å². The van der Waals surface area contributed by atoms with Crippen LogP contribution in [0.4, 0.5) is 5.69 Å². The van der Waals surface area contributed by atoms with E-state index in [9.17, 15) is 24.8 Å². The van der Waals surface area contributed by atoms with Crippen LogP contribution >= 0.6 is 0 Å². The molecule has 2 rings (SSSR count). The molecule has 1 aliphatic rings. The third-order valence-corrected chi connectivity index (χ3v) is 4.72. The first kappa shape index (κ1) is 20.8. The molecule has 9 heteroatoms. The zero-order chi connectivity index (χ0) is 20.3. The number of carbonyl (C=O) groups excluding carboxylic acids is 2. The van der Waals surface area contributed by atoms with Gasteiger partial charge in [0.1, 0.15) is 6.10 Å². The Balaban J connectivity index is 2.38. The van der Waals surface area contributed by atoms with Crippen molar-refractivity contribution in [2.45, 2.75) is 52.8 Å². The minimum Gasteiger partial charge on any atom is -0.456 e. The Morgan fingerprint density at radius 1 is 1.26 bits per heavy atom. The second-order valence-corrected chi connectivity index (χ2v) is 6.66. The van der Waals surface area contributed by atoms with E-state index in [1.54, 1.807) is 6.92 Å². The number of nitro benzene ring substituents is 1. The highest BCUT2D eigenvalue weighted by atomic mass is 16.7. The van der Waals surface area contributed by atoms with Gasteiger partial charge >= 0.3 is 11.7 Å². The molecule has 0 radical (unpaired) electrons. The first-order chi connectivity index (χ1) is 12.6. The number of Topliss-reactive ketones (excluding diaryl/α,β-unsaturated/α-hetero) is 1. The van der Waals surface area contributed by atoms with Gasteiger partial charge in [-0.3, -0.25) is 19.7 Å². The lowest BCUT2D eigenvalue weighted by molar-refractivity contribution is -0.386. The standard InChI is InChI=1S/C18H23NO8/c1-9-10(2)17(25-12(4)22)18(27-16(9)11(3)21)26-15-6-5-13(8-20)7-14(15)19(23)24/h5-7,9-10,16-18,20H,8H2,1-4H3/t9-,10-,16?,17?,18+/m0/s1. The zero-order valence-electron chi connectivity index (χ0n) is 15.6. The molecule has 0 amide bonds. The average Bonchev–Trinajstić information content (AvgIpc) is 2.60. The molecule has 1 heterocycles. The Labute approximate surface area is 156 Å². The lowest BCUT2D eigenvalue weighted by Gasteiger charge is -2.42. The molecular weight excluding hydrogens is 358 g/mol. The van der Waals surface area contributed by atoms with E-state index in [4.69, 9.17) is 14.2 Å². The SMILES string of the molecule is CC(=O)OC1[C@H](Oc2ccc(CO)cc2[N+](=O)[O-])OC(C(C)=O)[C@@H](C)[C@@H]1C. The Morgan fingerprint density at radius 2 is 1.93 bits per heavy atom. The third-order valence-electron chi connectivity index (χ3n) is 4.72. The number of aliphatic hydroxyl groups excluding tert-OH is 1. The van der Waals surface area contributed by atoms with Gasteiger partial charge in [-0.05, 0) is 24.5 Å². The third kappa shape index (κ3) is 4.61. The highest BCUT2D eigenvalue weighted by molar-refractivity contribution is 5.81. The summed E-state index contributed by atoms with van der Waals surface area (Å²) in [5.74, 6) is -1.39. The molecule has 1 aromatic rings. The summed E-state index contributed by atoms with van der Waals surface area (Å²) in [6, 6.07) is 4.00. The van der Waals surface area contributed by atoms with Crippen molar-refractivity contribution in [1.82, 2.24) is 0 Å². The van der Waals surface area contributed by atoms with Crippen LogP contribution in [0.15, 0.2) is 18.2 Å². The van der Waals surface area contributed by atoms with Gasteiger partial charge in [0, 0.05) is 18.9 Å². The van der Waals surface area contributed by atoms with Crippen LogP contribution in [0.2, 0.25) is 0 Å². The maximum Gasteiger partial charge on any atom is 0.311 e. The van der Waals surface area contributed by atoms with Crippen molar-refractivity contribution >= 4 is 17.4 Å². The lowest BCUT2D eigenvalue weighted by atomic mass is 9.82. The van der Waals surface area contributed by atoms with Crippen LogP contribution in [0.25, 0.3) is 0 Å². The molecule has 0 aromatic heterocycles. The van der Waals surface area contributed by atoms with Crippen LogP contribution in [0, 0.1) is 22.0 Å². The number of benzene rings is 1. The quantitative estimate of drug-likeness (QED) is 0.450. The largest absolute Gasteiger partial charge is 0.456 e. The van der Waals surface area contributed by atoms with Gasteiger partial charge in [0.05, 0.1) is 11.5 Å². The number of nitro groups is 1. The van der Waals surface area contributed by atoms with Crippen molar-refractivity contribution in [3.8, 4) is 5.75 Å². The summed E-state index contributed by atoms with van der Waals surface area (Å²) < 4.78 is 16.7. The lowest BCUT2D eigenvalue weighted by Crippen LogP contribution is -2.55. The van der Waals surface area contributed by atoms with Gasteiger partial charge in [-0.25, -0.2) is 0 Å². The van der Waals surface area contributed by atoms with Gasteiger partial charge in [0.25, 0.3) is 0 Å². The monoisotopic (exact) mass is 381 g/mol. The number of hydrogen-bond donors (Lipinski definition) is 1. The minimum atomic E-state index is -1.19. The van der Waals surface area contributed by atoms with Crippen LogP contribution in [-0.2, 0) is 25.7 Å². The van der Waals surface area contributed by atoms with Crippen molar-refractivity contribution in [2.75, 3.05) is 0 Å². The Hall–Kier alpha value is -2.52. The fraction of sp³-hybridized carbons (Fsp3) is 0.556. The Kier molecular flexibility index (Phi) is 6.50. The number of esters is 1. The second kappa shape index (κ2) is 8.45. The number of ether oxygens (including phenoxy) is 3. The first-order valence-electron chi connectivity index (χ1n) is 8.53. The van der Waals surface area contributed by atoms with E-state index in [0.29, 0.717) is 5.56 Å². The average molecular weight is 381 g/mol. The van der Waals surface area contributed by atoms with Crippen molar-refractivity contribution in [2.24, 2.45) is 11.8 Å². The molecule has 1 fully saturated rings. The molecule has 1 aromatic carbocycles. The fourth-order valence-electron chi connectivity index (χ4n) is 3.11. The van der Waals surface area contributed by atoms with E-state index < -0.39 is 29.4 Å². The highest BCUT2D eigenvalue weighted by Gasteiger charge is 2.46. The number of rotatable bonds is 6. The molecule has 148 valence electrons. The summed E-state index contributed by atoms with van der Waals surface area (Å²) >= 11 is 0. The Bertz CT molecular complexity index is 734. The topological polar surface area (TPSA) is 125 Å². The van der Waals surface area contributed by atoms with Crippen LogP contribution in [-0.4, -0.2) is 40.3 Å². The smallest absolute Gasteiger partial charge is 0.311 e. The number of carbonyl (C=O) groups is 2. The molecule has 27 heavy (non-hydrogen) atoms. The van der Waals surface area contributed by atoms with Gasteiger partial charge < -0.3 is 19.3 Å². The summed E-state index contributed by atoms with van der Waals surface area (Å²) in [6.07, 6.45) is -2.81. The Morgan fingerprint density at radius 3 is 2.44 bits per heavy atom. The number of aliphatic hydroxyl groups is 1. The number of ketones is 1. The molecule has 2 unspecified atom stereocenters. The van der Waals surface area contributed by atoms with Gasteiger partial charge in [-0.15, -0.1) is 0 Å². The molecule has 1 N–H and O–H groups in total. The van der Waals surface area contributed by atoms with E-state index in [1.807, 2.05) is 6.92 Å². The van der Waals surface area contributed by atoms with Crippen LogP contribution in [0.1, 0.15) is 33.3 Å². The highest BCUT2D eigenvalue weighted by Crippen LogP contribution is 2.37. The van der Waals surface area contributed by atoms with E-state index >= 15 is 0 Å². The molecule has 0 aliphatic carbocycles. The molecule has 0 saturated carbocycles. The normalized spacial score (nSPS) is 27.7. The van der Waals surface area contributed by atoms with E-state index in [2.05, 4.69) is 0 Å². The van der Waals surface area contributed by atoms with Crippen molar-refractivity contribution in [3.05, 3.63) is 33.9 Å². The van der Waals surface area contributed by atoms with E-state index in [1.165, 1.54) is 32.0 Å². The zero-order valence-corrected chi connectivity index (χ0v) is 15.6. The van der Waals surface area contributed by atoms with Crippen LogP contribution in [0.5, 0.6) is 5.75 Å². The second-order valence-electron chi connectivity index (χ2n) is 6.66. The molecular formula is C18H23NO8. The predicted molar refractivity (Wildman–Crippen MR) is 92.9 cm³/mol. The molecule has 0 bridgehead atoms. The molecule has 9 nitrogen and oxygen atoms in total. The summed E-state index contributed by atoms with van der Waals surface area (Å²) in [7, 11) is 0. The summed E-state index contributed by atoms with van der Waals surface area (Å²) in [6.45, 7) is 5.87. The van der Waals surface area contributed by atoms with E-state index in [-0.39, 0.29) is 35.7 Å². The fourth-order valence-corrected chi connectivity index (χ4v) is 3.11. The number of hydrogen-bond acceptors (Lipinski definition) is 8. The van der Waals surface area contributed by atoms with Gasteiger partial charge in [0.15, 0.2) is 17.6 Å². The van der Waals surface area contributed by atoms with Crippen LogP contribution < -0.4 is 4.74 Å². The first-order valence-corrected chi connectivity index (χ1v) is 8.53. The van der Waals surface area contributed by atoms with Crippen LogP contribution in [0.3, 0.4) is 0 Å². The van der Waals surface area contributed by atoms with Crippen molar-refractivity contribution < 1.29 is 33.8 Å². The summed E-state index contributed by atoms with van der Waals surface area (Å²) in [4.78, 5) is 34.1. The molecule has 5 atom stereocenters. The van der Waals surface area contributed by atoms with Gasteiger partial charge in [0.2, 0.25) is 6.29 Å². The van der Waals surface area contributed by atoms with Crippen molar-refractivity contribution in [1.29, 1.82) is 0 Å². The maximum atomic E-state index is 11.9.